The zero-order chi connectivity index (χ0) is 14.3. The van der Waals surface area contributed by atoms with Crippen molar-refractivity contribution >= 4 is 0 Å². The average molecular weight is 280 g/mol. The highest BCUT2D eigenvalue weighted by Gasteiger charge is 2.31. The number of hydrogen-bond donors (Lipinski definition) is 1. The van der Waals surface area contributed by atoms with Gasteiger partial charge in [0.15, 0.2) is 0 Å². The fourth-order valence-electron chi connectivity index (χ4n) is 2.93. The van der Waals surface area contributed by atoms with Crippen molar-refractivity contribution in [1.29, 1.82) is 0 Å². The van der Waals surface area contributed by atoms with E-state index < -0.39 is 12.7 Å². The average Bonchev–Trinajstić information content (AvgIpc) is 2.78. The van der Waals surface area contributed by atoms with Crippen molar-refractivity contribution in [3.05, 3.63) is 0 Å². The molecule has 2 nitrogen and oxygen atoms in total. The maximum Gasteiger partial charge on any atom is 0.401 e. The molecule has 114 valence electrons. The highest BCUT2D eigenvalue weighted by molar-refractivity contribution is 4.83. The normalized spacial score (nSPS) is 24.3. The Labute approximate surface area is 114 Å². The fourth-order valence-corrected chi connectivity index (χ4v) is 2.93. The molecule has 19 heavy (non-hydrogen) atoms. The fraction of sp³-hybridized carbons (Fsp3) is 1.00. The van der Waals surface area contributed by atoms with E-state index in [4.69, 9.17) is 0 Å². The van der Waals surface area contributed by atoms with Crippen molar-refractivity contribution < 1.29 is 13.2 Å². The second-order valence-corrected chi connectivity index (χ2v) is 5.52. The summed E-state index contributed by atoms with van der Waals surface area (Å²) in [4.78, 5) is 1.51. The molecule has 0 aromatic carbocycles. The standard InChI is InChI=1S/C14H27F3N2/c1-3-9-18-13-7-5-6-12(13)8-10-19(4-2)11-14(15,16)17/h12-13,18H,3-11H2,1-2H3. The molecule has 2 unspecified atom stereocenters. The number of nitrogens with one attached hydrogen (secondary N) is 1. The van der Waals surface area contributed by atoms with Crippen LogP contribution in [-0.4, -0.2) is 43.3 Å². The van der Waals surface area contributed by atoms with Crippen molar-refractivity contribution in [1.82, 2.24) is 10.2 Å². The Kier molecular flexibility index (Phi) is 7.15. The molecule has 0 bridgehead atoms. The third-order valence-electron chi connectivity index (χ3n) is 3.98. The minimum atomic E-state index is -4.08. The Morgan fingerprint density at radius 2 is 1.95 bits per heavy atom. The number of nitrogens with zero attached hydrogens (tertiary/aromatic N) is 1. The SMILES string of the molecule is CCCNC1CCCC1CCN(CC)CC(F)(F)F. The van der Waals surface area contributed by atoms with E-state index >= 15 is 0 Å². The molecule has 1 N–H and O–H groups in total. The number of hydrogen-bond acceptors (Lipinski definition) is 2. The molecule has 0 aromatic heterocycles. The second kappa shape index (κ2) is 8.10. The summed E-state index contributed by atoms with van der Waals surface area (Å²) in [5, 5.41) is 3.53. The van der Waals surface area contributed by atoms with Crippen LogP contribution in [0.5, 0.6) is 0 Å². The topological polar surface area (TPSA) is 15.3 Å². The Bertz CT molecular complexity index is 243. The molecular weight excluding hydrogens is 253 g/mol. The van der Waals surface area contributed by atoms with Gasteiger partial charge in [0.05, 0.1) is 6.54 Å². The van der Waals surface area contributed by atoms with Gasteiger partial charge in [-0.1, -0.05) is 20.3 Å². The maximum atomic E-state index is 12.4. The van der Waals surface area contributed by atoms with Crippen LogP contribution < -0.4 is 5.32 Å². The molecule has 1 saturated carbocycles. The largest absolute Gasteiger partial charge is 0.401 e. The minimum Gasteiger partial charge on any atom is -0.314 e. The lowest BCUT2D eigenvalue weighted by molar-refractivity contribution is -0.145. The third-order valence-corrected chi connectivity index (χ3v) is 3.98. The quantitative estimate of drug-likeness (QED) is 0.733. The van der Waals surface area contributed by atoms with Gasteiger partial charge in [0.1, 0.15) is 0 Å². The highest BCUT2D eigenvalue weighted by Crippen LogP contribution is 2.29. The first-order valence-electron chi connectivity index (χ1n) is 7.48. The van der Waals surface area contributed by atoms with Crippen LogP contribution >= 0.6 is 0 Å². The summed E-state index contributed by atoms with van der Waals surface area (Å²) in [6, 6.07) is 0.518. The van der Waals surface area contributed by atoms with Crippen LogP contribution in [0.3, 0.4) is 0 Å². The summed E-state index contributed by atoms with van der Waals surface area (Å²) < 4.78 is 37.1. The summed E-state index contributed by atoms with van der Waals surface area (Å²) in [6.45, 7) is 5.21. The number of rotatable bonds is 8. The zero-order valence-corrected chi connectivity index (χ0v) is 12.1. The van der Waals surface area contributed by atoms with E-state index in [2.05, 4.69) is 12.2 Å². The molecule has 0 heterocycles. The molecule has 1 aliphatic rings. The lowest BCUT2D eigenvalue weighted by Crippen LogP contribution is -2.38. The maximum absolute atomic E-state index is 12.4. The predicted octanol–water partition coefficient (Wildman–Crippen LogP) is 3.43. The van der Waals surface area contributed by atoms with Crippen molar-refractivity contribution in [2.75, 3.05) is 26.2 Å². The molecule has 1 rings (SSSR count). The Hall–Kier alpha value is -0.290. The van der Waals surface area contributed by atoms with E-state index in [0.29, 0.717) is 25.0 Å². The van der Waals surface area contributed by atoms with Gasteiger partial charge < -0.3 is 5.32 Å². The van der Waals surface area contributed by atoms with Gasteiger partial charge in [-0.25, -0.2) is 0 Å². The first kappa shape index (κ1) is 16.8. The number of alkyl halides is 3. The van der Waals surface area contributed by atoms with Gasteiger partial charge in [-0.3, -0.25) is 4.90 Å². The van der Waals surface area contributed by atoms with E-state index in [1.54, 1.807) is 6.92 Å². The summed E-state index contributed by atoms with van der Waals surface area (Å²) in [5.74, 6) is 0.550. The Morgan fingerprint density at radius 1 is 1.21 bits per heavy atom. The van der Waals surface area contributed by atoms with Crippen molar-refractivity contribution in [3.8, 4) is 0 Å². The molecule has 0 amide bonds. The summed E-state index contributed by atoms with van der Waals surface area (Å²) in [7, 11) is 0. The molecule has 0 aromatic rings. The first-order valence-corrected chi connectivity index (χ1v) is 7.48. The second-order valence-electron chi connectivity index (χ2n) is 5.52. The molecule has 1 fully saturated rings. The van der Waals surface area contributed by atoms with Gasteiger partial charge in [-0.05, 0) is 51.2 Å². The van der Waals surface area contributed by atoms with Gasteiger partial charge in [-0.15, -0.1) is 0 Å². The number of halogens is 3. The van der Waals surface area contributed by atoms with Crippen LogP contribution in [-0.2, 0) is 0 Å². The molecule has 0 saturated heterocycles. The van der Waals surface area contributed by atoms with Crippen LogP contribution in [0.2, 0.25) is 0 Å². The summed E-state index contributed by atoms with van der Waals surface area (Å²) >= 11 is 0. The molecule has 0 aliphatic heterocycles. The van der Waals surface area contributed by atoms with Gasteiger partial charge in [0.2, 0.25) is 0 Å². The zero-order valence-electron chi connectivity index (χ0n) is 12.1. The van der Waals surface area contributed by atoms with E-state index in [0.717, 1.165) is 25.8 Å². The summed E-state index contributed by atoms with van der Waals surface area (Å²) in [5.41, 5.74) is 0. The van der Waals surface area contributed by atoms with Gasteiger partial charge in [0, 0.05) is 6.04 Å². The molecule has 0 radical (unpaired) electrons. The van der Waals surface area contributed by atoms with Gasteiger partial charge in [0.25, 0.3) is 0 Å². The van der Waals surface area contributed by atoms with Crippen molar-refractivity contribution in [2.45, 2.75) is 58.2 Å². The smallest absolute Gasteiger partial charge is 0.314 e. The van der Waals surface area contributed by atoms with E-state index in [1.807, 2.05) is 0 Å². The van der Waals surface area contributed by atoms with Crippen LogP contribution in [0.25, 0.3) is 0 Å². The summed E-state index contributed by atoms with van der Waals surface area (Å²) in [6.07, 6.45) is 1.45. The van der Waals surface area contributed by atoms with Gasteiger partial charge >= 0.3 is 6.18 Å². The highest BCUT2D eigenvalue weighted by atomic mass is 19.4. The third kappa shape index (κ3) is 6.61. The van der Waals surface area contributed by atoms with Gasteiger partial charge in [-0.2, -0.15) is 13.2 Å². The van der Waals surface area contributed by atoms with E-state index in [-0.39, 0.29) is 0 Å². The van der Waals surface area contributed by atoms with Crippen molar-refractivity contribution in [2.24, 2.45) is 5.92 Å². The lowest BCUT2D eigenvalue weighted by atomic mass is 9.99. The molecular formula is C14H27F3N2. The first-order chi connectivity index (χ1) is 8.96. The van der Waals surface area contributed by atoms with Crippen LogP contribution in [0, 0.1) is 5.92 Å². The van der Waals surface area contributed by atoms with Crippen LogP contribution in [0.1, 0.15) is 46.0 Å². The lowest BCUT2D eigenvalue weighted by Gasteiger charge is -2.26. The van der Waals surface area contributed by atoms with Crippen LogP contribution in [0.4, 0.5) is 13.2 Å². The molecule has 1 aliphatic carbocycles. The van der Waals surface area contributed by atoms with Crippen LogP contribution in [0.15, 0.2) is 0 Å². The van der Waals surface area contributed by atoms with E-state index in [9.17, 15) is 13.2 Å². The minimum absolute atomic E-state index is 0.472. The monoisotopic (exact) mass is 280 g/mol. The molecule has 5 heteroatoms. The van der Waals surface area contributed by atoms with E-state index in [1.165, 1.54) is 17.7 Å². The Balaban J connectivity index is 2.32. The Morgan fingerprint density at radius 3 is 2.53 bits per heavy atom. The predicted molar refractivity (Wildman–Crippen MR) is 72.2 cm³/mol. The molecule has 0 spiro atoms. The molecule has 2 atom stereocenters. The van der Waals surface area contributed by atoms with Crippen molar-refractivity contribution in [3.63, 3.8) is 0 Å².